The minimum absolute atomic E-state index is 0.138. The van der Waals surface area contributed by atoms with E-state index in [4.69, 9.17) is 9.47 Å². The van der Waals surface area contributed by atoms with E-state index in [0.29, 0.717) is 41.1 Å². The number of nitrogens with zero attached hydrogens (tertiary/aromatic N) is 1. The Morgan fingerprint density at radius 3 is 2.56 bits per heavy atom. The zero-order chi connectivity index (χ0) is 17.8. The Labute approximate surface area is 143 Å². The van der Waals surface area contributed by atoms with Gasteiger partial charge in [-0.05, 0) is 42.5 Å². The first kappa shape index (κ1) is 16.9. The van der Waals surface area contributed by atoms with E-state index in [1.807, 2.05) is 0 Å². The van der Waals surface area contributed by atoms with Crippen LogP contribution in [0.3, 0.4) is 0 Å². The highest BCUT2D eigenvalue weighted by atomic mass is 19.1. The molecule has 0 spiro atoms. The van der Waals surface area contributed by atoms with Crippen molar-refractivity contribution in [2.45, 2.75) is 0 Å². The van der Waals surface area contributed by atoms with Gasteiger partial charge in [-0.1, -0.05) is 0 Å². The van der Waals surface area contributed by atoms with Crippen LogP contribution in [0.4, 0.5) is 4.39 Å². The normalized spacial score (nSPS) is 10.8. The number of aromatic nitrogens is 1. The summed E-state index contributed by atoms with van der Waals surface area (Å²) in [4.78, 5) is 15.7. The topological polar surface area (TPSA) is 68.7 Å². The molecule has 1 aromatic heterocycles. The van der Waals surface area contributed by atoms with Crippen molar-refractivity contribution in [1.82, 2.24) is 4.98 Å². The lowest BCUT2D eigenvalue weighted by molar-refractivity contribution is 0.0697. The van der Waals surface area contributed by atoms with Crippen molar-refractivity contribution >= 4 is 16.9 Å². The Kier molecular flexibility index (Phi) is 4.90. The van der Waals surface area contributed by atoms with Crippen molar-refractivity contribution < 1.29 is 23.8 Å². The number of halogens is 1. The smallest absolute Gasteiger partial charge is 0.335 e. The van der Waals surface area contributed by atoms with E-state index in [2.05, 4.69) is 4.98 Å². The Hall–Kier alpha value is -2.99. The van der Waals surface area contributed by atoms with Crippen LogP contribution in [0.1, 0.15) is 10.4 Å². The maximum Gasteiger partial charge on any atom is 0.335 e. The molecule has 5 nitrogen and oxygen atoms in total. The van der Waals surface area contributed by atoms with Crippen molar-refractivity contribution in [2.75, 3.05) is 20.3 Å². The Morgan fingerprint density at radius 1 is 1.12 bits per heavy atom. The fraction of sp³-hybridized carbons (Fsp3) is 0.158. The number of methoxy groups -OCH3 is 1. The van der Waals surface area contributed by atoms with E-state index < -0.39 is 5.97 Å². The summed E-state index contributed by atoms with van der Waals surface area (Å²) < 4.78 is 23.9. The Balaban J connectivity index is 2.12. The lowest BCUT2D eigenvalue weighted by atomic mass is 10.1. The molecule has 0 saturated heterocycles. The zero-order valence-corrected chi connectivity index (χ0v) is 13.5. The molecule has 0 aliphatic rings. The second-order valence-corrected chi connectivity index (χ2v) is 5.39. The van der Waals surface area contributed by atoms with Gasteiger partial charge in [-0.25, -0.2) is 14.2 Å². The van der Waals surface area contributed by atoms with Crippen LogP contribution in [-0.2, 0) is 4.74 Å². The van der Waals surface area contributed by atoms with Gasteiger partial charge in [-0.2, -0.15) is 0 Å². The highest BCUT2D eigenvalue weighted by molar-refractivity contribution is 5.95. The Morgan fingerprint density at radius 2 is 1.88 bits per heavy atom. The van der Waals surface area contributed by atoms with Gasteiger partial charge >= 0.3 is 5.97 Å². The molecule has 3 rings (SSSR count). The number of benzene rings is 2. The van der Waals surface area contributed by atoms with Crippen molar-refractivity contribution in [3.63, 3.8) is 0 Å². The minimum Gasteiger partial charge on any atom is -0.490 e. The summed E-state index contributed by atoms with van der Waals surface area (Å²) in [6, 6.07) is 12.3. The maximum atomic E-state index is 13.2. The molecule has 0 atom stereocenters. The molecule has 0 amide bonds. The predicted octanol–water partition coefficient (Wildman–Crippen LogP) is 3.76. The van der Waals surface area contributed by atoms with Crippen LogP contribution in [0.2, 0.25) is 0 Å². The van der Waals surface area contributed by atoms with E-state index in [0.717, 1.165) is 0 Å². The van der Waals surface area contributed by atoms with Gasteiger partial charge in [0.2, 0.25) is 0 Å². The molecule has 3 aromatic rings. The number of carboxylic acids is 1. The largest absolute Gasteiger partial charge is 0.490 e. The minimum atomic E-state index is -1.03. The monoisotopic (exact) mass is 341 g/mol. The fourth-order valence-electron chi connectivity index (χ4n) is 2.45. The van der Waals surface area contributed by atoms with Gasteiger partial charge in [0.1, 0.15) is 18.2 Å². The number of pyridine rings is 1. The summed E-state index contributed by atoms with van der Waals surface area (Å²) in [5.41, 5.74) is 1.91. The van der Waals surface area contributed by atoms with Crippen LogP contribution in [0, 0.1) is 5.82 Å². The quantitative estimate of drug-likeness (QED) is 0.691. The second-order valence-electron chi connectivity index (χ2n) is 5.39. The highest BCUT2D eigenvalue weighted by Crippen LogP contribution is 2.31. The SMILES string of the molecule is COCCOc1cc(-c2ccc(F)cc2)nc2cc(C(=O)O)ccc12. The molecule has 1 heterocycles. The molecule has 6 heteroatoms. The van der Waals surface area contributed by atoms with Crippen molar-refractivity contribution in [1.29, 1.82) is 0 Å². The standard InChI is InChI=1S/C19H16FNO4/c1-24-8-9-25-18-11-16(12-2-5-14(20)6-3-12)21-17-10-13(19(22)23)4-7-15(17)18/h2-7,10-11H,8-9H2,1H3,(H,22,23). The summed E-state index contributed by atoms with van der Waals surface area (Å²) in [6.45, 7) is 0.766. The molecule has 0 bridgehead atoms. The van der Waals surface area contributed by atoms with Crippen molar-refractivity contribution in [2.24, 2.45) is 0 Å². The molecule has 0 radical (unpaired) electrons. The lowest BCUT2D eigenvalue weighted by Gasteiger charge is -2.12. The van der Waals surface area contributed by atoms with Gasteiger partial charge in [0.25, 0.3) is 0 Å². The van der Waals surface area contributed by atoms with Gasteiger partial charge in [0, 0.05) is 24.1 Å². The maximum absolute atomic E-state index is 13.2. The average Bonchev–Trinajstić information content (AvgIpc) is 2.61. The molecule has 0 aliphatic heterocycles. The van der Waals surface area contributed by atoms with Crippen LogP contribution >= 0.6 is 0 Å². The van der Waals surface area contributed by atoms with E-state index in [-0.39, 0.29) is 11.4 Å². The molecule has 0 unspecified atom stereocenters. The molecule has 0 saturated carbocycles. The number of carboxylic acid groups (broad SMARTS) is 1. The van der Waals surface area contributed by atoms with E-state index >= 15 is 0 Å². The van der Waals surface area contributed by atoms with Crippen LogP contribution in [0.15, 0.2) is 48.5 Å². The van der Waals surface area contributed by atoms with Crippen LogP contribution < -0.4 is 4.74 Å². The molecule has 25 heavy (non-hydrogen) atoms. The summed E-state index contributed by atoms with van der Waals surface area (Å²) in [6.07, 6.45) is 0. The molecule has 0 aliphatic carbocycles. The number of hydrogen-bond donors (Lipinski definition) is 1. The summed E-state index contributed by atoms with van der Waals surface area (Å²) in [7, 11) is 1.58. The molecule has 1 N–H and O–H groups in total. The number of aromatic carboxylic acids is 1. The first-order valence-corrected chi connectivity index (χ1v) is 7.64. The molecular weight excluding hydrogens is 325 g/mol. The highest BCUT2D eigenvalue weighted by Gasteiger charge is 2.12. The van der Waals surface area contributed by atoms with E-state index in [1.165, 1.54) is 24.3 Å². The van der Waals surface area contributed by atoms with Crippen molar-refractivity contribution in [3.05, 3.63) is 59.9 Å². The molecule has 128 valence electrons. The summed E-state index contributed by atoms with van der Waals surface area (Å²) in [5.74, 6) is -0.801. The van der Waals surface area contributed by atoms with Gasteiger partial charge < -0.3 is 14.6 Å². The Bertz CT molecular complexity index is 909. The third-order valence-electron chi connectivity index (χ3n) is 3.70. The number of carbonyl (C=O) groups is 1. The predicted molar refractivity (Wildman–Crippen MR) is 91.5 cm³/mol. The number of rotatable bonds is 6. The van der Waals surface area contributed by atoms with Gasteiger partial charge in [0.15, 0.2) is 0 Å². The van der Waals surface area contributed by atoms with Crippen LogP contribution in [0.25, 0.3) is 22.2 Å². The summed E-state index contributed by atoms with van der Waals surface area (Å²) >= 11 is 0. The first-order chi connectivity index (χ1) is 12.1. The third-order valence-corrected chi connectivity index (χ3v) is 3.70. The van der Waals surface area contributed by atoms with E-state index in [1.54, 1.807) is 31.4 Å². The average molecular weight is 341 g/mol. The van der Waals surface area contributed by atoms with Gasteiger partial charge in [-0.15, -0.1) is 0 Å². The molecule has 2 aromatic carbocycles. The fourth-order valence-corrected chi connectivity index (χ4v) is 2.45. The van der Waals surface area contributed by atoms with Gasteiger partial charge in [-0.3, -0.25) is 0 Å². The molecular formula is C19H16FNO4. The van der Waals surface area contributed by atoms with E-state index in [9.17, 15) is 14.3 Å². The van der Waals surface area contributed by atoms with Crippen LogP contribution in [0.5, 0.6) is 5.75 Å². The lowest BCUT2D eigenvalue weighted by Crippen LogP contribution is -2.05. The first-order valence-electron chi connectivity index (χ1n) is 7.64. The summed E-state index contributed by atoms with van der Waals surface area (Å²) in [5, 5.41) is 9.89. The number of ether oxygens (including phenoxy) is 2. The molecule has 0 fully saturated rings. The number of fused-ring (bicyclic) bond motifs is 1. The van der Waals surface area contributed by atoms with Gasteiger partial charge in [0.05, 0.1) is 23.4 Å². The zero-order valence-electron chi connectivity index (χ0n) is 13.5. The van der Waals surface area contributed by atoms with Crippen LogP contribution in [-0.4, -0.2) is 36.4 Å². The van der Waals surface area contributed by atoms with Crippen molar-refractivity contribution in [3.8, 4) is 17.0 Å². The number of hydrogen-bond acceptors (Lipinski definition) is 4. The third kappa shape index (κ3) is 3.75. The second kappa shape index (κ2) is 7.27.